The Hall–Kier alpha value is 0.438. The predicted molar refractivity (Wildman–Crippen MR) is 134 cm³/mol. The van der Waals surface area contributed by atoms with Crippen molar-refractivity contribution in [2.24, 2.45) is 0 Å². The molecule has 9 heteroatoms. The molecule has 0 spiro atoms. The molecule has 0 amide bonds. The van der Waals surface area contributed by atoms with E-state index in [1.54, 1.807) is 0 Å². The van der Waals surface area contributed by atoms with Crippen molar-refractivity contribution < 1.29 is 4.42 Å². The van der Waals surface area contributed by atoms with E-state index in [0.717, 1.165) is 38.8 Å². The maximum absolute atomic E-state index is 6.56. The van der Waals surface area contributed by atoms with Crippen molar-refractivity contribution in [2.45, 2.75) is 20.8 Å². The number of hydrogen-bond donors (Lipinski definition) is 0. The molecule has 0 aliphatic heterocycles. The van der Waals surface area contributed by atoms with Crippen LogP contribution in [0.15, 0.2) is 59.0 Å². The van der Waals surface area contributed by atoms with E-state index in [0.29, 0.717) is 0 Å². The molecular formula is C20H18Cl7OSb. The minimum atomic E-state index is -5.42. The Kier molecular flexibility index (Phi) is 7.76. The summed E-state index contributed by atoms with van der Waals surface area (Å²) in [5.74, 6) is 1.65. The molecule has 3 aromatic rings. The first-order valence-electron chi connectivity index (χ1n) is 8.34. The first-order valence-corrected chi connectivity index (χ1v) is 28.1. The van der Waals surface area contributed by atoms with Crippen LogP contribution < -0.4 is 0 Å². The molecule has 0 N–H and O–H groups in total. The molecule has 0 aliphatic rings. The Morgan fingerprint density at radius 3 is 1.41 bits per heavy atom. The van der Waals surface area contributed by atoms with Crippen LogP contribution in [-0.4, -0.2) is 9.14 Å². The van der Waals surface area contributed by atoms with Crippen molar-refractivity contribution in [1.29, 1.82) is 0 Å². The van der Waals surface area contributed by atoms with Crippen LogP contribution in [0.1, 0.15) is 16.7 Å². The van der Waals surface area contributed by atoms with Gasteiger partial charge < -0.3 is 0 Å². The molecule has 0 radical (unpaired) electrons. The molecule has 0 unspecified atom stereocenters. The molecule has 0 atom stereocenters. The van der Waals surface area contributed by atoms with Crippen LogP contribution >= 0.6 is 64.6 Å². The van der Waals surface area contributed by atoms with E-state index in [9.17, 15) is 0 Å². The second kappa shape index (κ2) is 8.76. The second-order valence-corrected chi connectivity index (χ2v) is 63.8. The van der Waals surface area contributed by atoms with E-state index in [1.165, 1.54) is 5.56 Å². The molecule has 0 bridgehead atoms. The van der Waals surface area contributed by atoms with E-state index >= 15 is 0 Å². The Labute approximate surface area is 195 Å². The van der Waals surface area contributed by atoms with Gasteiger partial charge in [0.2, 0.25) is 0 Å². The molecule has 0 fully saturated rings. The van der Waals surface area contributed by atoms with Crippen LogP contribution in [0.25, 0.3) is 22.6 Å². The molecule has 1 aromatic heterocycles. The van der Waals surface area contributed by atoms with E-state index < -0.39 is 9.14 Å². The van der Waals surface area contributed by atoms with Crippen molar-refractivity contribution in [3.8, 4) is 22.6 Å². The predicted octanol–water partition coefficient (Wildman–Crippen LogP) is 10.2. The standard InChI is InChI=1S/C20H18ClO.6ClH.Sb/c1-13-9-11-17(12-10-13)20-15(3)18(21)14(2)19(22-20)16-7-5-4-6-8-16;;;;;;;/h4-12H,1-3H3;6*1H;/q+1;;;;;;;+5/p-6. The molecule has 1 heterocycles. The summed E-state index contributed by atoms with van der Waals surface area (Å²) in [6, 6.07) is 18.4. The number of hydrogen-bond acceptors (Lipinski definition) is 0. The number of rotatable bonds is 2. The van der Waals surface area contributed by atoms with Crippen molar-refractivity contribution in [1.82, 2.24) is 0 Å². The van der Waals surface area contributed by atoms with Gasteiger partial charge in [-0.15, -0.1) is 0 Å². The second-order valence-electron chi connectivity index (χ2n) is 6.51. The van der Waals surface area contributed by atoms with E-state index in [2.05, 4.69) is 31.2 Å². The van der Waals surface area contributed by atoms with Gasteiger partial charge in [0.1, 0.15) is 0 Å². The van der Waals surface area contributed by atoms with Gasteiger partial charge in [0, 0.05) is 0 Å². The summed E-state index contributed by atoms with van der Waals surface area (Å²) in [6.45, 7) is 6.08. The number of halogens is 7. The molecule has 0 aliphatic carbocycles. The zero-order valence-electron chi connectivity index (χ0n) is 15.7. The molecular weight excluding hydrogens is 626 g/mol. The third-order valence-corrected chi connectivity index (χ3v) is 4.46. The van der Waals surface area contributed by atoms with Crippen molar-refractivity contribution in [2.75, 3.05) is 0 Å². The Bertz CT molecular complexity index is 1000. The fourth-order valence-electron chi connectivity index (χ4n) is 2.58. The summed E-state index contributed by atoms with van der Waals surface area (Å²) < 4.78 is 6.25. The fourth-order valence-corrected chi connectivity index (χ4v) is 2.75. The van der Waals surface area contributed by atoms with Crippen LogP contribution in [0.5, 0.6) is 0 Å². The SMILES string of the molecule is Cc1ccc(-c2[o+]c(-c3ccccc3)c(C)c(Cl)c2C)cc1.[Cl][Sb-]([Cl])([Cl])([Cl])([Cl])[Cl]. The monoisotopic (exact) mass is 640 g/mol. The van der Waals surface area contributed by atoms with Crippen LogP contribution in [0.3, 0.4) is 0 Å². The molecule has 0 saturated carbocycles. The van der Waals surface area contributed by atoms with Gasteiger partial charge in [-0.3, -0.25) is 0 Å². The topological polar surface area (TPSA) is 11.3 Å². The van der Waals surface area contributed by atoms with E-state index in [-0.39, 0.29) is 0 Å². The van der Waals surface area contributed by atoms with Crippen LogP contribution in [0, 0.1) is 20.8 Å². The fraction of sp³-hybridized carbons (Fsp3) is 0.150. The minimum absolute atomic E-state index is 0.765. The molecule has 3 rings (SSSR count). The quantitative estimate of drug-likeness (QED) is 0.200. The number of aryl methyl sites for hydroxylation is 1. The Morgan fingerprint density at radius 2 is 1.00 bits per heavy atom. The van der Waals surface area contributed by atoms with Crippen LogP contribution in [-0.2, 0) is 0 Å². The van der Waals surface area contributed by atoms with Gasteiger partial charge in [-0.05, 0) is 45.0 Å². The van der Waals surface area contributed by atoms with Gasteiger partial charge >= 0.3 is 73.6 Å². The van der Waals surface area contributed by atoms with Crippen molar-refractivity contribution in [3.05, 3.63) is 76.3 Å². The van der Waals surface area contributed by atoms with Gasteiger partial charge in [-0.2, -0.15) is 0 Å². The first-order chi connectivity index (χ1) is 13.0. The Morgan fingerprint density at radius 1 is 0.621 bits per heavy atom. The zero-order chi connectivity index (χ0) is 22.1. The van der Waals surface area contributed by atoms with Gasteiger partial charge in [0.15, 0.2) is 0 Å². The molecule has 29 heavy (non-hydrogen) atoms. The zero-order valence-corrected chi connectivity index (χ0v) is 23.5. The molecule has 158 valence electrons. The van der Waals surface area contributed by atoms with E-state index in [1.807, 2.05) is 44.2 Å². The summed E-state index contributed by atoms with van der Waals surface area (Å²) in [7, 11) is 25.0. The molecule has 2 aromatic carbocycles. The summed E-state index contributed by atoms with van der Waals surface area (Å²) in [5, 5.41) is 0.765. The summed E-state index contributed by atoms with van der Waals surface area (Å²) >= 11 is 6.56. The third kappa shape index (κ3) is 9.22. The summed E-state index contributed by atoms with van der Waals surface area (Å²) in [4.78, 5) is 0. The average molecular weight is 644 g/mol. The molecule has 0 saturated heterocycles. The van der Waals surface area contributed by atoms with E-state index in [4.69, 9.17) is 69.0 Å². The normalized spacial score (nSPS) is 13.7. The van der Waals surface area contributed by atoms with Gasteiger partial charge in [-0.25, -0.2) is 4.42 Å². The summed E-state index contributed by atoms with van der Waals surface area (Å²) in [6.07, 6.45) is 0. The van der Waals surface area contributed by atoms with Gasteiger partial charge in [0.05, 0.1) is 27.3 Å². The Balaban J connectivity index is 0.000000370. The van der Waals surface area contributed by atoms with Gasteiger partial charge in [0.25, 0.3) is 0 Å². The number of benzene rings is 2. The first kappa shape index (κ1) is 25.7. The summed E-state index contributed by atoms with van der Waals surface area (Å²) in [5.41, 5.74) is 5.25. The third-order valence-electron chi connectivity index (χ3n) is 3.89. The average Bonchev–Trinajstić information content (AvgIpc) is 2.59. The van der Waals surface area contributed by atoms with Crippen molar-refractivity contribution >= 4 is 73.7 Å². The van der Waals surface area contributed by atoms with Crippen molar-refractivity contribution in [3.63, 3.8) is 0 Å². The van der Waals surface area contributed by atoms with Crippen LogP contribution in [0.2, 0.25) is 5.02 Å². The van der Waals surface area contributed by atoms with Gasteiger partial charge in [-0.1, -0.05) is 47.5 Å². The maximum atomic E-state index is 6.56. The molecule has 1 nitrogen and oxygen atoms in total. The van der Waals surface area contributed by atoms with Crippen LogP contribution in [0.4, 0.5) is 0 Å².